The Morgan fingerprint density at radius 1 is 1.09 bits per heavy atom. The second-order valence-corrected chi connectivity index (χ2v) is 7.45. The molecular weight excluding hydrogens is 270 g/mol. The fourth-order valence-electron chi connectivity index (χ4n) is 3.63. The van der Waals surface area contributed by atoms with Crippen LogP contribution in [0.1, 0.15) is 34.1 Å². The maximum Gasteiger partial charge on any atom is 0.120 e. The Kier molecular flexibility index (Phi) is 4.14. The first kappa shape index (κ1) is 15.4. The lowest BCUT2D eigenvalue weighted by Gasteiger charge is -2.33. The third-order valence-electron chi connectivity index (χ3n) is 4.79. The van der Waals surface area contributed by atoms with E-state index in [0.717, 1.165) is 25.3 Å². The molecule has 0 spiro atoms. The molecule has 0 N–H and O–H groups in total. The van der Waals surface area contributed by atoms with Gasteiger partial charge in [0.15, 0.2) is 0 Å². The zero-order valence-corrected chi connectivity index (χ0v) is 14.2. The molecule has 2 heteroatoms. The van der Waals surface area contributed by atoms with Gasteiger partial charge in [-0.3, -0.25) is 4.90 Å². The molecule has 0 saturated carbocycles. The van der Waals surface area contributed by atoms with Gasteiger partial charge < -0.3 is 4.74 Å². The molecule has 3 rings (SSSR count). The summed E-state index contributed by atoms with van der Waals surface area (Å²) in [6.07, 6.45) is 1.41. The molecule has 1 fully saturated rings. The van der Waals surface area contributed by atoms with Crippen LogP contribution < -0.4 is 4.74 Å². The average Bonchev–Trinajstić information content (AvgIpc) is 2.90. The van der Waals surface area contributed by atoms with Crippen molar-refractivity contribution >= 4 is 10.8 Å². The Morgan fingerprint density at radius 2 is 1.82 bits per heavy atom. The van der Waals surface area contributed by atoms with Gasteiger partial charge in [-0.2, -0.15) is 0 Å². The van der Waals surface area contributed by atoms with Crippen molar-refractivity contribution in [2.24, 2.45) is 5.41 Å². The molecule has 0 radical (unpaired) electrons. The van der Waals surface area contributed by atoms with Crippen LogP contribution in [-0.4, -0.2) is 30.1 Å². The molecule has 0 aromatic heterocycles. The second-order valence-electron chi connectivity index (χ2n) is 7.45. The predicted octanol–water partition coefficient (Wildman–Crippen LogP) is 4.73. The van der Waals surface area contributed by atoms with Crippen LogP contribution in [0.15, 0.2) is 42.5 Å². The Bertz CT molecular complexity index is 643. The van der Waals surface area contributed by atoms with Crippen molar-refractivity contribution in [2.75, 3.05) is 13.1 Å². The van der Waals surface area contributed by atoms with E-state index in [1.54, 1.807) is 0 Å². The van der Waals surface area contributed by atoms with Crippen molar-refractivity contribution in [1.82, 2.24) is 4.90 Å². The largest absolute Gasteiger partial charge is 0.489 e. The van der Waals surface area contributed by atoms with Crippen LogP contribution in [0.25, 0.3) is 10.8 Å². The SMILES string of the molecule is CCN1CC(Oc2ccc3ccccc3c2)CC1C(C)(C)C. The highest BCUT2D eigenvalue weighted by atomic mass is 16.5. The summed E-state index contributed by atoms with van der Waals surface area (Å²) in [5.74, 6) is 0.995. The van der Waals surface area contributed by atoms with Crippen molar-refractivity contribution < 1.29 is 4.74 Å². The van der Waals surface area contributed by atoms with Gasteiger partial charge >= 0.3 is 0 Å². The number of rotatable bonds is 3. The first-order valence-electron chi connectivity index (χ1n) is 8.37. The van der Waals surface area contributed by atoms with E-state index in [9.17, 15) is 0 Å². The van der Waals surface area contributed by atoms with E-state index in [4.69, 9.17) is 4.74 Å². The molecule has 1 heterocycles. The fraction of sp³-hybridized carbons (Fsp3) is 0.500. The van der Waals surface area contributed by atoms with Crippen molar-refractivity contribution in [2.45, 2.75) is 46.3 Å². The van der Waals surface area contributed by atoms with E-state index in [-0.39, 0.29) is 0 Å². The van der Waals surface area contributed by atoms with E-state index >= 15 is 0 Å². The van der Waals surface area contributed by atoms with Gasteiger partial charge in [0.05, 0.1) is 0 Å². The van der Waals surface area contributed by atoms with Crippen LogP contribution in [0.2, 0.25) is 0 Å². The molecule has 118 valence electrons. The summed E-state index contributed by atoms with van der Waals surface area (Å²) in [5, 5.41) is 2.52. The maximum atomic E-state index is 6.30. The number of likely N-dealkylation sites (tertiary alicyclic amines) is 1. The Morgan fingerprint density at radius 3 is 2.45 bits per heavy atom. The summed E-state index contributed by atoms with van der Waals surface area (Å²) in [6, 6.07) is 15.5. The maximum absolute atomic E-state index is 6.30. The molecule has 1 aliphatic heterocycles. The topological polar surface area (TPSA) is 12.5 Å². The zero-order chi connectivity index (χ0) is 15.7. The van der Waals surface area contributed by atoms with Gasteiger partial charge in [-0.05, 0) is 34.9 Å². The minimum absolute atomic E-state index is 0.297. The van der Waals surface area contributed by atoms with Crippen LogP contribution in [-0.2, 0) is 0 Å². The van der Waals surface area contributed by atoms with E-state index in [0.29, 0.717) is 17.6 Å². The number of ether oxygens (including phenoxy) is 1. The third-order valence-corrected chi connectivity index (χ3v) is 4.79. The average molecular weight is 297 g/mol. The summed E-state index contributed by atoms with van der Waals surface area (Å²) >= 11 is 0. The second kappa shape index (κ2) is 5.92. The molecule has 1 aliphatic rings. The van der Waals surface area contributed by atoms with Crippen LogP contribution in [0.4, 0.5) is 0 Å². The lowest BCUT2D eigenvalue weighted by molar-refractivity contribution is 0.147. The van der Waals surface area contributed by atoms with E-state index in [1.165, 1.54) is 10.8 Å². The van der Waals surface area contributed by atoms with Gasteiger partial charge in [0.2, 0.25) is 0 Å². The molecule has 0 bridgehead atoms. The minimum Gasteiger partial charge on any atom is -0.489 e. The van der Waals surface area contributed by atoms with Crippen LogP contribution >= 0.6 is 0 Å². The van der Waals surface area contributed by atoms with Gasteiger partial charge in [-0.25, -0.2) is 0 Å². The fourth-order valence-corrected chi connectivity index (χ4v) is 3.63. The van der Waals surface area contributed by atoms with Gasteiger partial charge in [0, 0.05) is 19.0 Å². The first-order chi connectivity index (χ1) is 10.5. The molecule has 2 atom stereocenters. The summed E-state index contributed by atoms with van der Waals surface area (Å²) in [4.78, 5) is 2.56. The predicted molar refractivity (Wildman–Crippen MR) is 93.5 cm³/mol. The molecule has 1 saturated heterocycles. The smallest absolute Gasteiger partial charge is 0.120 e. The standard InChI is InChI=1S/C20H27NO/c1-5-21-14-18(13-19(21)20(2,3)4)22-17-11-10-15-8-6-7-9-16(15)12-17/h6-12,18-19H,5,13-14H2,1-4H3. The lowest BCUT2D eigenvalue weighted by atomic mass is 9.85. The highest BCUT2D eigenvalue weighted by Gasteiger charge is 2.39. The molecule has 0 aliphatic carbocycles. The monoisotopic (exact) mass is 297 g/mol. The molecular formula is C20H27NO. The highest BCUT2D eigenvalue weighted by Crippen LogP contribution is 2.34. The summed E-state index contributed by atoms with van der Waals surface area (Å²) < 4.78 is 6.30. The van der Waals surface area contributed by atoms with Crippen LogP contribution in [0.5, 0.6) is 5.75 Å². The first-order valence-corrected chi connectivity index (χ1v) is 8.37. The summed E-state index contributed by atoms with van der Waals surface area (Å²) in [5.41, 5.74) is 0.303. The van der Waals surface area contributed by atoms with Crippen molar-refractivity contribution in [3.63, 3.8) is 0 Å². The normalized spacial score (nSPS) is 23.1. The molecule has 2 aromatic carbocycles. The molecule has 2 aromatic rings. The number of hydrogen-bond acceptors (Lipinski definition) is 2. The minimum atomic E-state index is 0.297. The molecule has 2 unspecified atom stereocenters. The summed E-state index contributed by atoms with van der Waals surface area (Å²) in [7, 11) is 0. The van der Waals surface area contributed by atoms with Gasteiger partial charge in [-0.1, -0.05) is 58.0 Å². The van der Waals surface area contributed by atoms with Crippen LogP contribution in [0, 0.1) is 5.41 Å². The summed E-state index contributed by atoms with van der Waals surface area (Å²) in [6.45, 7) is 11.4. The number of nitrogens with zero attached hydrogens (tertiary/aromatic N) is 1. The zero-order valence-electron chi connectivity index (χ0n) is 14.2. The Labute approximate surface area is 134 Å². The van der Waals surface area contributed by atoms with Crippen LogP contribution in [0.3, 0.4) is 0 Å². The third kappa shape index (κ3) is 3.12. The van der Waals surface area contributed by atoms with E-state index < -0.39 is 0 Å². The van der Waals surface area contributed by atoms with E-state index in [2.05, 4.69) is 75.1 Å². The quantitative estimate of drug-likeness (QED) is 0.812. The van der Waals surface area contributed by atoms with Crippen molar-refractivity contribution in [3.8, 4) is 5.75 Å². The highest BCUT2D eigenvalue weighted by molar-refractivity contribution is 5.83. The van der Waals surface area contributed by atoms with E-state index in [1.807, 2.05) is 0 Å². The lowest BCUT2D eigenvalue weighted by Crippen LogP contribution is -2.39. The molecule has 0 amide bonds. The molecule has 2 nitrogen and oxygen atoms in total. The van der Waals surface area contributed by atoms with Crippen molar-refractivity contribution in [3.05, 3.63) is 42.5 Å². The number of benzene rings is 2. The van der Waals surface area contributed by atoms with Gasteiger partial charge in [-0.15, -0.1) is 0 Å². The molecule has 22 heavy (non-hydrogen) atoms. The Hall–Kier alpha value is -1.54. The van der Waals surface area contributed by atoms with Crippen molar-refractivity contribution in [1.29, 1.82) is 0 Å². The number of fused-ring (bicyclic) bond motifs is 1. The van der Waals surface area contributed by atoms with Gasteiger partial charge in [0.25, 0.3) is 0 Å². The Balaban J connectivity index is 1.75. The number of hydrogen-bond donors (Lipinski definition) is 0. The van der Waals surface area contributed by atoms with Gasteiger partial charge in [0.1, 0.15) is 11.9 Å². The number of likely N-dealkylation sites (N-methyl/N-ethyl adjacent to an activating group) is 1.